The average molecular weight is 551 g/mol. The zero-order valence-electron chi connectivity index (χ0n) is 23.3. The van der Waals surface area contributed by atoms with Gasteiger partial charge in [0.15, 0.2) is 0 Å². The van der Waals surface area contributed by atoms with Gasteiger partial charge in [-0.05, 0) is 93.7 Å². The second-order valence-electron chi connectivity index (χ2n) is 13.1. The summed E-state index contributed by atoms with van der Waals surface area (Å²) in [5, 5.41) is 16.1. The lowest BCUT2D eigenvalue weighted by Gasteiger charge is -2.34. The SMILES string of the molecule is Cc1c(C(=O)N(CCc2c[nH]c3cccc(Cl)c23)[C@H]2C[C@@H]3[C@H](C2)C3(C)C)cnn1[C@H]1CC[C@](C)(C(=O)O)CC1. The Labute approximate surface area is 234 Å². The molecule has 0 radical (unpaired) electrons. The molecule has 2 aromatic heterocycles. The first-order valence-electron chi connectivity index (χ1n) is 14.3. The number of halogens is 1. The zero-order chi connectivity index (χ0) is 27.7. The van der Waals surface area contributed by atoms with E-state index in [2.05, 4.69) is 28.8 Å². The third kappa shape index (κ3) is 4.37. The van der Waals surface area contributed by atoms with Gasteiger partial charge < -0.3 is 15.0 Å². The summed E-state index contributed by atoms with van der Waals surface area (Å²) in [5.74, 6) is 0.712. The smallest absolute Gasteiger partial charge is 0.309 e. The van der Waals surface area contributed by atoms with E-state index in [1.165, 1.54) is 0 Å². The lowest BCUT2D eigenvalue weighted by Crippen LogP contribution is -2.42. The van der Waals surface area contributed by atoms with E-state index in [9.17, 15) is 14.7 Å². The van der Waals surface area contributed by atoms with Gasteiger partial charge in [0, 0.05) is 35.4 Å². The van der Waals surface area contributed by atoms with Gasteiger partial charge >= 0.3 is 5.97 Å². The Morgan fingerprint density at radius 2 is 1.87 bits per heavy atom. The maximum absolute atomic E-state index is 14.2. The van der Waals surface area contributed by atoms with Crippen LogP contribution in [0.1, 0.15) is 87.0 Å². The van der Waals surface area contributed by atoms with E-state index in [1.807, 2.05) is 42.9 Å². The van der Waals surface area contributed by atoms with Crippen molar-refractivity contribution in [3.63, 3.8) is 0 Å². The Morgan fingerprint density at radius 1 is 1.18 bits per heavy atom. The van der Waals surface area contributed by atoms with E-state index in [4.69, 9.17) is 11.6 Å². The third-order valence-electron chi connectivity index (χ3n) is 10.6. The maximum Gasteiger partial charge on any atom is 0.309 e. The van der Waals surface area contributed by atoms with Crippen molar-refractivity contribution >= 4 is 34.4 Å². The molecule has 3 aromatic rings. The highest BCUT2D eigenvalue weighted by atomic mass is 35.5. The first-order chi connectivity index (χ1) is 18.5. The Balaban J connectivity index is 1.23. The number of carbonyl (C=O) groups is 2. The Kier molecular flexibility index (Phi) is 6.37. The van der Waals surface area contributed by atoms with Gasteiger partial charge in [0.25, 0.3) is 5.91 Å². The van der Waals surface area contributed by atoms with Gasteiger partial charge in [-0.3, -0.25) is 14.3 Å². The van der Waals surface area contributed by atoms with Crippen LogP contribution >= 0.6 is 11.6 Å². The highest BCUT2D eigenvalue weighted by Crippen LogP contribution is 2.67. The first-order valence-corrected chi connectivity index (χ1v) is 14.7. The molecule has 1 amide bonds. The number of carbonyl (C=O) groups excluding carboxylic acids is 1. The molecule has 208 valence electrons. The van der Waals surface area contributed by atoms with Crippen LogP contribution in [0.2, 0.25) is 5.02 Å². The Hall–Kier alpha value is -2.80. The van der Waals surface area contributed by atoms with E-state index in [-0.39, 0.29) is 18.0 Å². The molecule has 0 saturated heterocycles. The molecular formula is C31H39ClN4O3. The van der Waals surface area contributed by atoms with Crippen LogP contribution in [-0.4, -0.2) is 49.2 Å². The molecule has 39 heavy (non-hydrogen) atoms. The van der Waals surface area contributed by atoms with Crippen molar-refractivity contribution in [3.8, 4) is 0 Å². The van der Waals surface area contributed by atoms with Gasteiger partial charge in [0.1, 0.15) is 0 Å². The molecule has 7 nitrogen and oxygen atoms in total. The van der Waals surface area contributed by atoms with Crippen molar-refractivity contribution in [2.24, 2.45) is 22.7 Å². The Bertz CT molecular complexity index is 1420. The lowest BCUT2D eigenvalue weighted by molar-refractivity contribution is -0.150. The molecular weight excluding hydrogens is 512 g/mol. The highest BCUT2D eigenvalue weighted by molar-refractivity contribution is 6.35. The number of aromatic nitrogens is 3. The summed E-state index contributed by atoms with van der Waals surface area (Å²) >= 11 is 6.55. The highest BCUT2D eigenvalue weighted by Gasteiger charge is 2.63. The monoisotopic (exact) mass is 550 g/mol. The van der Waals surface area contributed by atoms with Crippen molar-refractivity contribution in [2.75, 3.05) is 6.54 Å². The van der Waals surface area contributed by atoms with Crippen molar-refractivity contribution in [1.82, 2.24) is 19.7 Å². The van der Waals surface area contributed by atoms with Crippen molar-refractivity contribution < 1.29 is 14.7 Å². The van der Waals surface area contributed by atoms with Gasteiger partial charge in [0.2, 0.25) is 0 Å². The number of rotatable bonds is 7. The maximum atomic E-state index is 14.2. The molecule has 0 aliphatic heterocycles. The summed E-state index contributed by atoms with van der Waals surface area (Å²) in [6.45, 7) is 9.16. The minimum atomic E-state index is -0.723. The molecule has 3 atom stereocenters. The molecule has 3 aliphatic carbocycles. The predicted octanol–water partition coefficient (Wildman–Crippen LogP) is 6.65. The van der Waals surface area contributed by atoms with Crippen LogP contribution in [0.15, 0.2) is 30.6 Å². The van der Waals surface area contributed by atoms with Crippen LogP contribution in [0.5, 0.6) is 0 Å². The number of nitrogens with zero attached hydrogens (tertiary/aromatic N) is 3. The molecule has 1 aromatic carbocycles. The summed E-state index contributed by atoms with van der Waals surface area (Å²) in [6.07, 6.45) is 9.35. The molecule has 6 rings (SSSR count). The number of carboxylic acid groups (broad SMARTS) is 1. The molecule has 3 fully saturated rings. The summed E-state index contributed by atoms with van der Waals surface area (Å²) in [4.78, 5) is 31.3. The van der Waals surface area contributed by atoms with Gasteiger partial charge in [0.05, 0.1) is 28.2 Å². The molecule has 0 bridgehead atoms. The number of nitrogens with one attached hydrogen (secondary N) is 1. The number of carboxylic acids is 1. The van der Waals surface area contributed by atoms with E-state index in [1.54, 1.807) is 6.20 Å². The zero-order valence-corrected chi connectivity index (χ0v) is 24.1. The van der Waals surface area contributed by atoms with Crippen molar-refractivity contribution in [3.05, 3.63) is 52.4 Å². The van der Waals surface area contributed by atoms with Crippen LogP contribution in [0.3, 0.4) is 0 Å². The standard InChI is InChI=1S/C31H39ClN4O3/c1-18-22(17-34-36(18)20-8-11-31(4,12-9-20)29(38)39)28(37)35(21-14-23-24(15-21)30(23,2)3)13-10-19-16-33-26-7-5-6-25(32)27(19)26/h5-7,16-17,20-21,23-24,33H,8-15H2,1-4H3,(H,38,39)/t20-,21-,23+,24-,31-. The normalized spacial score (nSPS) is 29.4. The molecule has 3 aliphatic rings. The number of benzene rings is 1. The fourth-order valence-corrected chi connectivity index (χ4v) is 7.98. The lowest BCUT2D eigenvalue weighted by atomic mass is 9.74. The van der Waals surface area contributed by atoms with Crippen LogP contribution in [0.25, 0.3) is 10.9 Å². The van der Waals surface area contributed by atoms with Crippen LogP contribution in [0.4, 0.5) is 0 Å². The number of hydrogen-bond donors (Lipinski definition) is 2. The molecule has 3 saturated carbocycles. The van der Waals surface area contributed by atoms with Crippen molar-refractivity contribution in [2.45, 2.75) is 84.7 Å². The predicted molar refractivity (Wildman–Crippen MR) is 152 cm³/mol. The third-order valence-corrected chi connectivity index (χ3v) is 10.9. The number of fused-ring (bicyclic) bond motifs is 2. The Morgan fingerprint density at radius 3 is 2.54 bits per heavy atom. The van der Waals surface area contributed by atoms with Gasteiger partial charge in [-0.2, -0.15) is 5.10 Å². The minimum absolute atomic E-state index is 0.0555. The fraction of sp³-hybridized carbons (Fsp3) is 0.581. The van der Waals surface area contributed by atoms with E-state index in [0.29, 0.717) is 42.2 Å². The number of amides is 1. The van der Waals surface area contributed by atoms with Crippen molar-refractivity contribution in [1.29, 1.82) is 0 Å². The molecule has 2 heterocycles. The molecule has 8 heteroatoms. The molecule has 0 spiro atoms. The quantitative estimate of drug-likeness (QED) is 0.344. The van der Waals surface area contributed by atoms with E-state index >= 15 is 0 Å². The number of aliphatic carboxylic acids is 1. The van der Waals surface area contributed by atoms with Gasteiger partial charge in [-0.1, -0.05) is 31.5 Å². The molecule has 0 unspecified atom stereocenters. The van der Waals surface area contributed by atoms with Crippen LogP contribution < -0.4 is 0 Å². The number of aromatic amines is 1. The topological polar surface area (TPSA) is 91.2 Å². The molecule has 2 N–H and O–H groups in total. The largest absolute Gasteiger partial charge is 0.481 e. The average Bonchev–Trinajstić information content (AvgIpc) is 3.43. The van der Waals surface area contributed by atoms with Gasteiger partial charge in [-0.15, -0.1) is 0 Å². The van der Waals surface area contributed by atoms with Crippen LogP contribution in [0, 0.1) is 29.6 Å². The summed E-state index contributed by atoms with van der Waals surface area (Å²) < 4.78 is 1.97. The number of hydrogen-bond acceptors (Lipinski definition) is 3. The van der Waals surface area contributed by atoms with E-state index in [0.717, 1.165) is 59.3 Å². The van der Waals surface area contributed by atoms with Gasteiger partial charge in [-0.25, -0.2) is 0 Å². The van der Waals surface area contributed by atoms with Crippen LogP contribution in [-0.2, 0) is 11.2 Å². The minimum Gasteiger partial charge on any atom is -0.481 e. The summed E-state index contributed by atoms with van der Waals surface area (Å²) in [6, 6.07) is 6.25. The van der Waals surface area contributed by atoms with E-state index < -0.39 is 11.4 Å². The fourth-order valence-electron chi connectivity index (χ4n) is 7.68. The number of H-pyrrole nitrogens is 1. The summed E-state index contributed by atoms with van der Waals surface area (Å²) in [5.41, 5.74) is 3.42. The second kappa shape index (κ2) is 9.39. The second-order valence-corrected chi connectivity index (χ2v) is 13.5. The first kappa shape index (κ1) is 26.4. The summed E-state index contributed by atoms with van der Waals surface area (Å²) in [7, 11) is 0.